The zero-order valence-electron chi connectivity index (χ0n) is 9.03. The Labute approximate surface area is 88.3 Å². The number of aliphatic hydroxyl groups excluding tert-OH is 1. The molecule has 0 unspecified atom stereocenters. The molecule has 15 heavy (non-hydrogen) atoms. The molecule has 0 amide bonds. The second kappa shape index (κ2) is 3.77. The number of hydrogen-bond donors (Lipinski definition) is 2. The summed E-state index contributed by atoms with van der Waals surface area (Å²) in [4.78, 5) is 11.5. The first-order chi connectivity index (χ1) is 7.08. The Morgan fingerprint density at radius 2 is 2.20 bits per heavy atom. The number of hydrogen-bond acceptors (Lipinski definition) is 3. The Bertz CT molecular complexity index is 405. The number of nitrogens with zero attached hydrogens (tertiary/aromatic N) is 1. The molecule has 1 aromatic rings. The number of aromatic amines is 1. The maximum absolute atomic E-state index is 11.5. The van der Waals surface area contributed by atoms with Gasteiger partial charge in [0, 0.05) is 5.56 Å². The molecule has 1 aliphatic rings. The quantitative estimate of drug-likeness (QED) is 0.765. The van der Waals surface area contributed by atoms with E-state index in [1.807, 2.05) is 19.9 Å². The lowest BCUT2D eigenvalue weighted by Gasteiger charge is -2.31. The minimum atomic E-state index is -0.231. The van der Waals surface area contributed by atoms with E-state index in [2.05, 4.69) is 10.2 Å². The van der Waals surface area contributed by atoms with Gasteiger partial charge in [0.05, 0.1) is 11.8 Å². The van der Waals surface area contributed by atoms with Crippen molar-refractivity contribution in [3.05, 3.63) is 27.7 Å². The summed E-state index contributed by atoms with van der Waals surface area (Å²) in [6.07, 6.45) is 1.17. The van der Waals surface area contributed by atoms with Crippen molar-refractivity contribution >= 4 is 0 Å². The molecule has 1 fully saturated rings. The van der Waals surface area contributed by atoms with Gasteiger partial charge in [0.15, 0.2) is 0 Å². The van der Waals surface area contributed by atoms with Gasteiger partial charge in [-0.3, -0.25) is 4.79 Å². The SMILES string of the molecule is CC(C)c1cc(C2CC(O)C2)c(=O)[nH]n1. The molecule has 1 heterocycles. The fourth-order valence-corrected chi connectivity index (χ4v) is 1.88. The van der Waals surface area contributed by atoms with E-state index >= 15 is 0 Å². The molecule has 1 aromatic heterocycles. The smallest absolute Gasteiger partial charge is 0.267 e. The monoisotopic (exact) mass is 208 g/mol. The fourth-order valence-electron chi connectivity index (χ4n) is 1.88. The molecule has 0 spiro atoms. The second-order valence-electron chi connectivity index (χ2n) is 4.55. The average Bonchev–Trinajstić information content (AvgIpc) is 2.14. The minimum absolute atomic E-state index is 0.115. The van der Waals surface area contributed by atoms with Crippen LogP contribution in [0.3, 0.4) is 0 Å². The maximum atomic E-state index is 11.5. The van der Waals surface area contributed by atoms with Crippen LogP contribution in [0.15, 0.2) is 10.9 Å². The number of H-pyrrole nitrogens is 1. The van der Waals surface area contributed by atoms with E-state index in [0.717, 1.165) is 11.3 Å². The highest BCUT2D eigenvalue weighted by molar-refractivity contribution is 5.22. The van der Waals surface area contributed by atoms with Crippen molar-refractivity contribution in [3.63, 3.8) is 0 Å². The standard InChI is InChI=1S/C11H16N2O2/c1-6(2)10-5-9(11(15)13-12-10)7-3-8(14)4-7/h5-8,14H,3-4H2,1-2H3,(H,13,15). The number of nitrogens with one attached hydrogen (secondary N) is 1. The van der Waals surface area contributed by atoms with Crippen LogP contribution in [0.1, 0.15) is 49.8 Å². The van der Waals surface area contributed by atoms with Crippen molar-refractivity contribution in [2.24, 2.45) is 0 Å². The fraction of sp³-hybridized carbons (Fsp3) is 0.636. The van der Waals surface area contributed by atoms with Gasteiger partial charge in [0.25, 0.3) is 5.56 Å². The van der Waals surface area contributed by atoms with E-state index in [1.54, 1.807) is 0 Å². The van der Waals surface area contributed by atoms with Gasteiger partial charge in [0.2, 0.25) is 0 Å². The predicted octanol–water partition coefficient (Wildman–Crippen LogP) is 1.13. The first-order valence-electron chi connectivity index (χ1n) is 5.35. The Hall–Kier alpha value is -1.16. The molecule has 0 atom stereocenters. The Balaban J connectivity index is 2.29. The molecular formula is C11H16N2O2. The molecular weight excluding hydrogens is 192 g/mol. The van der Waals surface area contributed by atoms with Gasteiger partial charge in [-0.05, 0) is 30.7 Å². The predicted molar refractivity (Wildman–Crippen MR) is 56.9 cm³/mol. The third kappa shape index (κ3) is 1.95. The largest absolute Gasteiger partial charge is 0.393 e. The minimum Gasteiger partial charge on any atom is -0.393 e. The van der Waals surface area contributed by atoms with Crippen LogP contribution in [0.5, 0.6) is 0 Å². The van der Waals surface area contributed by atoms with Crippen molar-refractivity contribution in [2.75, 3.05) is 0 Å². The Kier molecular flexibility index (Phi) is 2.61. The maximum Gasteiger partial charge on any atom is 0.267 e. The molecule has 4 heteroatoms. The van der Waals surface area contributed by atoms with E-state index in [0.29, 0.717) is 18.8 Å². The van der Waals surface area contributed by atoms with Crippen LogP contribution >= 0.6 is 0 Å². The summed E-state index contributed by atoms with van der Waals surface area (Å²) >= 11 is 0. The molecule has 2 N–H and O–H groups in total. The van der Waals surface area contributed by atoms with E-state index in [1.165, 1.54) is 0 Å². The summed E-state index contributed by atoms with van der Waals surface area (Å²) in [5.41, 5.74) is 1.57. The third-order valence-electron chi connectivity index (χ3n) is 3.00. The third-order valence-corrected chi connectivity index (χ3v) is 3.00. The molecule has 1 aliphatic carbocycles. The highest BCUT2D eigenvalue weighted by atomic mass is 16.3. The van der Waals surface area contributed by atoms with Gasteiger partial charge >= 0.3 is 0 Å². The van der Waals surface area contributed by atoms with Crippen LogP contribution in [0, 0.1) is 0 Å². The molecule has 0 bridgehead atoms. The van der Waals surface area contributed by atoms with E-state index in [4.69, 9.17) is 0 Å². The highest BCUT2D eigenvalue weighted by Crippen LogP contribution is 2.35. The molecule has 2 rings (SSSR count). The van der Waals surface area contributed by atoms with Crippen molar-refractivity contribution in [2.45, 2.75) is 44.6 Å². The normalized spacial score (nSPS) is 25.3. The lowest BCUT2D eigenvalue weighted by atomic mass is 9.78. The van der Waals surface area contributed by atoms with Gasteiger partial charge < -0.3 is 5.11 Å². The molecule has 0 aliphatic heterocycles. The molecule has 0 aromatic carbocycles. The average molecular weight is 208 g/mol. The van der Waals surface area contributed by atoms with Crippen LogP contribution in [-0.4, -0.2) is 21.4 Å². The topological polar surface area (TPSA) is 66.0 Å². The first kappa shape index (κ1) is 10.4. The first-order valence-corrected chi connectivity index (χ1v) is 5.35. The lowest BCUT2D eigenvalue weighted by molar-refractivity contribution is 0.0741. The van der Waals surface area contributed by atoms with Crippen LogP contribution in [-0.2, 0) is 0 Å². The van der Waals surface area contributed by atoms with Crippen molar-refractivity contribution in [1.82, 2.24) is 10.2 Å². The van der Waals surface area contributed by atoms with Gasteiger partial charge in [-0.2, -0.15) is 5.10 Å². The highest BCUT2D eigenvalue weighted by Gasteiger charge is 2.30. The zero-order valence-corrected chi connectivity index (χ0v) is 9.03. The summed E-state index contributed by atoms with van der Waals surface area (Å²) in [6, 6.07) is 1.88. The van der Waals surface area contributed by atoms with Crippen LogP contribution in [0.2, 0.25) is 0 Å². The second-order valence-corrected chi connectivity index (χ2v) is 4.55. The molecule has 0 saturated heterocycles. The molecule has 4 nitrogen and oxygen atoms in total. The number of aromatic nitrogens is 2. The molecule has 1 saturated carbocycles. The van der Waals surface area contributed by atoms with Gasteiger partial charge in [-0.15, -0.1) is 0 Å². The van der Waals surface area contributed by atoms with Crippen LogP contribution in [0.25, 0.3) is 0 Å². The van der Waals surface area contributed by atoms with E-state index in [9.17, 15) is 9.90 Å². The number of aliphatic hydroxyl groups is 1. The van der Waals surface area contributed by atoms with Gasteiger partial charge in [-0.1, -0.05) is 13.8 Å². The zero-order chi connectivity index (χ0) is 11.0. The van der Waals surface area contributed by atoms with Gasteiger partial charge in [0.1, 0.15) is 0 Å². The summed E-state index contributed by atoms with van der Waals surface area (Å²) in [5.74, 6) is 0.523. The number of rotatable bonds is 2. The summed E-state index contributed by atoms with van der Waals surface area (Å²) in [7, 11) is 0. The van der Waals surface area contributed by atoms with E-state index in [-0.39, 0.29) is 17.6 Å². The molecule has 82 valence electrons. The van der Waals surface area contributed by atoms with Crippen molar-refractivity contribution in [1.29, 1.82) is 0 Å². The van der Waals surface area contributed by atoms with Gasteiger partial charge in [-0.25, -0.2) is 5.10 Å². The lowest BCUT2D eigenvalue weighted by Crippen LogP contribution is -2.31. The van der Waals surface area contributed by atoms with Crippen LogP contribution in [0.4, 0.5) is 0 Å². The molecule has 0 radical (unpaired) electrons. The summed E-state index contributed by atoms with van der Waals surface area (Å²) in [5, 5.41) is 15.7. The van der Waals surface area contributed by atoms with E-state index < -0.39 is 0 Å². The van der Waals surface area contributed by atoms with Crippen molar-refractivity contribution < 1.29 is 5.11 Å². The van der Waals surface area contributed by atoms with Crippen molar-refractivity contribution in [3.8, 4) is 0 Å². The summed E-state index contributed by atoms with van der Waals surface area (Å²) in [6.45, 7) is 4.08. The Morgan fingerprint density at radius 3 is 2.73 bits per heavy atom. The summed E-state index contributed by atoms with van der Waals surface area (Å²) < 4.78 is 0. The van der Waals surface area contributed by atoms with Crippen LogP contribution < -0.4 is 5.56 Å². The Morgan fingerprint density at radius 1 is 1.53 bits per heavy atom.